The summed E-state index contributed by atoms with van der Waals surface area (Å²) in [4.78, 5) is 2.56. The lowest BCUT2D eigenvalue weighted by Gasteiger charge is -2.03. The van der Waals surface area contributed by atoms with Crippen LogP contribution in [0.15, 0.2) is 57.0 Å². The SMILES string of the molecule is CC/C(=C\C=C/OC)Sc1cccc(Br)c1. The highest BCUT2D eigenvalue weighted by Gasteiger charge is 1.98. The van der Waals surface area contributed by atoms with E-state index >= 15 is 0 Å². The van der Waals surface area contributed by atoms with Crippen molar-refractivity contribution in [1.82, 2.24) is 0 Å². The number of ether oxygens (including phenoxy) is 1. The monoisotopic (exact) mass is 298 g/mol. The summed E-state index contributed by atoms with van der Waals surface area (Å²) in [5, 5.41) is 0. The highest BCUT2D eigenvalue weighted by molar-refractivity contribution is 9.10. The standard InChI is InChI=1S/C13H15BrOS/c1-3-12(8-5-9-15-2)16-13-7-4-6-11(14)10-13/h4-10H,3H2,1-2H3/b9-5-,12-8+. The van der Waals surface area contributed by atoms with Crippen LogP contribution in [-0.2, 0) is 4.74 Å². The van der Waals surface area contributed by atoms with Gasteiger partial charge in [-0.25, -0.2) is 0 Å². The zero-order chi connectivity index (χ0) is 11.8. The van der Waals surface area contributed by atoms with Gasteiger partial charge in [0.2, 0.25) is 0 Å². The predicted octanol–water partition coefficient (Wildman–Crippen LogP) is 5.00. The predicted molar refractivity (Wildman–Crippen MR) is 74.5 cm³/mol. The van der Waals surface area contributed by atoms with E-state index in [2.05, 4.69) is 41.1 Å². The van der Waals surface area contributed by atoms with Gasteiger partial charge < -0.3 is 4.74 Å². The number of halogens is 1. The Morgan fingerprint density at radius 1 is 1.50 bits per heavy atom. The molecule has 0 heterocycles. The zero-order valence-corrected chi connectivity index (χ0v) is 11.8. The average molecular weight is 299 g/mol. The molecule has 1 nitrogen and oxygen atoms in total. The van der Waals surface area contributed by atoms with E-state index in [1.165, 1.54) is 9.80 Å². The van der Waals surface area contributed by atoms with Crippen LogP contribution in [-0.4, -0.2) is 7.11 Å². The van der Waals surface area contributed by atoms with Gasteiger partial charge in [-0.15, -0.1) is 0 Å². The number of hydrogen-bond donors (Lipinski definition) is 0. The largest absolute Gasteiger partial charge is 0.504 e. The van der Waals surface area contributed by atoms with Gasteiger partial charge in [0, 0.05) is 9.37 Å². The van der Waals surface area contributed by atoms with E-state index in [-0.39, 0.29) is 0 Å². The van der Waals surface area contributed by atoms with Gasteiger partial charge in [-0.05, 0) is 41.7 Å². The second-order valence-corrected chi connectivity index (χ2v) is 5.23. The maximum atomic E-state index is 4.86. The van der Waals surface area contributed by atoms with Crippen molar-refractivity contribution >= 4 is 27.7 Å². The second kappa shape index (κ2) is 7.58. The number of benzene rings is 1. The molecule has 0 aliphatic rings. The molecule has 1 aromatic rings. The molecular formula is C13H15BrOS. The smallest absolute Gasteiger partial charge is 0.0824 e. The molecule has 0 atom stereocenters. The summed E-state index contributed by atoms with van der Waals surface area (Å²) in [5.41, 5.74) is 0. The van der Waals surface area contributed by atoms with E-state index in [1.807, 2.05) is 18.2 Å². The van der Waals surface area contributed by atoms with Crippen LogP contribution in [0.5, 0.6) is 0 Å². The Bertz CT molecular complexity index is 385. The molecule has 1 aromatic carbocycles. The molecule has 0 aliphatic carbocycles. The summed E-state index contributed by atoms with van der Waals surface area (Å²) in [6, 6.07) is 8.31. The number of methoxy groups -OCH3 is 1. The van der Waals surface area contributed by atoms with Crippen LogP contribution in [0.1, 0.15) is 13.3 Å². The summed E-state index contributed by atoms with van der Waals surface area (Å²) in [7, 11) is 1.65. The van der Waals surface area contributed by atoms with Gasteiger partial charge >= 0.3 is 0 Å². The third-order valence-corrected chi connectivity index (χ3v) is 3.56. The third-order valence-electron chi connectivity index (χ3n) is 1.89. The lowest BCUT2D eigenvalue weighted by atomic mass is 10.4. The molecule has 0 aromatic heterocycles. The Hall–Kier alpha value is -0.670. The van der Waals surface area contributed by atoms with E-state index < -0.39 is 0 Å². The summed E-state index contributed by atoms with van der Waals surface area (Å²) in [5.74, 6) is 0. The zero-order valence-electron chi connectivity index (χ0n) is 9.44. The van der Waals surface area contributed by atoms with Crippen LogP contribution in [0.25, 0.3) is 0 Å². The van der Waals surface area contributed by atoms with Gasteiger partial charge in [0.05, 0.1) is 13.4 Å². The van der Waals surface area contributed by atoms with Crippen LogP contribution >= 0.6 is 27.7 Å². The Kier molecular flexibility index (Phi) is 6.34. The Morgan fingerprint density at radius 2 is 2.31 bits per heavy atom. The van der Waals surface area contributed by atoms with Crippen molar-refractivity contribution in [3.63, 3.8) is 0 Å². The van der Waals surface area contributed by atoms with Crippen LogP contribution in [0.2, 0.25) is 0 Å². The third kappa shape index (κ3) is 4.90. The maximum absolute atomic E-state index is 4.86. The highest BCUT2D eigenvalue weighted by Crippen LogP contribution is 2.30. The fraction of sp³-hybridized carbons (Fsp3) is 0.231. The molecule has 0 radical (unpaired) electrons. The molecule has 0 saturated heterocycles. The topological polar surface area (TPSA) is 9.23 Å². The molecule has 0 aliphatic heterocycles. The lowest BCUT2D eigenvalue weighted by Crippen LogP contribution is -1.76. The van der Waals surface area contributed by atoms with Crippen molar-refractivity contribution in [2.75, 3.05) is 7.11 Å². The number of thioether (sulfide) groups is 1. The van der Waals surface area contributed by atoms with E-state index in [0.29, 0.717) is 0 Å². The van der Waals surface area contributed by atoms with E-state index in [1.54, 1.807) is 25.1 Å². The van der Waals surface area contributed by atoms with Crippen LogP contribution in [0, 0.1) is 0 Å². The summed E-state index contributed by atoms with van der Waals surface area (Å²) < 4.78 is 5.98. The minimum Gasteiger partial charge on any atom is -0.504 e. The van der Waals surface area contributed by atoms with Gasteiger partial charge in [0.1, 0.15) is 0 Å². The first-order chi connectivity index (χ1) is 7.76. The molecule has 0 spiro atoms. The summed E-state index contributed by atoms with van der Waals surface area (Å²) in [6.07, 6.45) is 6.70. The molecule has 0 N–H and O–H groups in total. The molecule has 0 amide bonds. The minimum atomic E-state index is 1.02. The first-order valence-corrected chi connectivity index (χ1v) is 6.69. The Labute approximate surface area is 110 Å². The molecule has 0 saturated carbocycles. The minimum absolute atomic E-state index is 1.02. The quantitative estimate of drug-likeness (QED) is 0.430. The van der Waals surface area contributed by atoms with Crippen molar-refractivity contribution in [2.45, 2.75) is 18.2 Å². The molecular weight excluding hydrogens is 284 g/mol. The first kappa shape index (κ1) is 13.4. The lowest BCUT2D eigenvalue weighted by molar-refractivity contribution is 0.338. The summed E-state index contributed by atoms with van der Waals surface area (Å²) in [6.45, 7) is 2.15. The van der Waals surface area contributed by atoms with Crippen molar-refractivity contribution in [3.8, 4) is 0 Å². The van der Waals surface area contributed by atoms with E-state index in [4.69, 9.17) is 4.74 Å². The summed E-state index contributed by atoms with van der Waals surface area (Å²) >= 11 is 5.25. The van der Waals surface area contributed by atoms with Gasteiger partial charge in [-0.2, -0.15) is 0 Å². The van der Waals surface area contributed by atoms with Gasteiger partial charge in [-0.3, -0.25) is 0 Å². The van der Waals surface area contributed by atoms with Crippen molar-refractivity contribution in [1.29, 1.82) is 0 Å². The van der Waals surface area contributed by atoms with Gasteiger partial charge in [-0.1, -0.05) is 40.7 Å². The normalized spacial score (nSPS) is 12.1. The maximum Gasteiger partial charge on any atom is 0.0824 e. The van der Waals surface area contributed by atoms with Crippen LogP contribution in [0.4, 0.5) is 0 Å². The molecule has 0 bridgehead atoms. The van der Waals surface area contributed by atoms with Crippen molar-refractivity contribution in [2.24, 2.45) is 0 Å². The second-order valence-electron chi connectivity index (χ2n) is 3.11. The van der Waals surface area contributed by atoms with E-state index in [0.717, 1.165) is 10.9 Å². The molecule has 1 rings (SSSR count). The van der Waals surface area contributed by atoms with Crippen LogP contribution in [0.3, 0.4) is 0 Å². The van der Waals surface area contributed by atoms with Crippen LogP contribution < -0.4 is 0 Å². The average Bonchev–Trinajstić information content (AvgIpc) is 2.28. The molecule has 86 valence electrons. The van der Waals surface area contributed by atoms with Gasteiger partial charge in [0.15, 0.2) is 0 Å². The molecule has 0 fully saturated rings. The van der Waals surface area contributed by atoms with Gasteiger partial charge in [0.25, 0.3) is 0 Å². The van der Waals surface area contributed by atoms with Crippen molar-refractivity contribution < 1.29 is 4.74 Å². The Morgan fingerprint density at radius 3 is 2.94 bits per heavy atom. The Balaban J connectivity index is 2.70. The fourth-order valence-electron chi connectivity index (χ4n) is 1.13. The number of rotatable bonds is 5. The number of allylic oxidation sites excluding steroid dienone is 3. The molecule has 0 unspecified atom stereocenters. The van der Waals surface area contributed by atoms with Crippen molar-refractivity contribution in [3.05, 3.63) is 52.1 Å². The first-order valence-electron chi connectivity index (χ1n) is 5.08. The fourth-order valence-corrected chi connectivity index (χ4v) is 2.61. The molecule has 16 heavy (non-hydrogen) atoms. The molecule has 3 heteroatoms. The van der Waals surface area contributed by atoms with E-state index in [9.17, 15) is 0 Å². The number of hydrogen-bond acceptors (Lipinski definition) is 2. The highest BCUT2D eigenvalue weighted by atomic mass is 79.9.